The predicted octanol–water partition coefficient (Wildman–Crippen LogP) is 6.97. The van der Waals surface area contributed by atoms with Gasteiger partial charge < -0.3 is 0 Å². The zero-order chi connectivity index (χ0) is 19.8. The molecule has 0 spiro atoms. The van der Waals surface area contributed by atoms with E-state index >= 15 is 0 Å². The molecule has 0 bridgehead atoms. The Morgan fingerprint density at radius 3 is 1.46 bits per heavy atom. The first-order valence-corrected chi connectivity index (χ1v) is 10.1. The molecule has 0 N–H and O–H groups in total. The van der Waals surface area contributed by atoms with Crippen molar-refractivity contribution >= 4 is 27.3 Å². The molecule has 0 aliphatic heterocycles. The molecule has 28 heavy (non-hydrogen) atoms. The lowest BCUT2D eigenvalue weighted by Crippen LogP contribution is -2.12. The summed E-state index contributed by atoms with van der Waals surface area (Å²) in [4.78, 5) is 14.1. The van der Waals surface area contributed by atoms with E-state index in [0.29, 0.717) is 0 Å². The topological polar surface area (TPSA) is 17.1 Å². The summed E-state index contributed by atoms with van der Waals surface area (Å²) in [5.74, 6) is 0.161. The van der Waals surface area contributed by atoms with Gasteiger partial charge in [-0.05, 0) is 70.5 Å². The third-order valence-corrected chi connectivity index (χ3v) is 5.92. The molecule has 4 aromatic carbocycles. The van der Waals surface area contributed by atoms with Crippen molar-refractivity contribution in [3.63, 3.8) is 0 Å². The van der Waals surface area contributed by atoms with Crippen LogP contribution in [0.4, 0.5) is 0 Å². The van der Waals surface area contributed by atoms with E-state index in [1.807, 2.05) is 24.3 Å². The fraction of sp³-hybridized carbons (Fsp3) is 0.222. The Labute approximate surface area is 167 Å². The van der Waals surface area contributed by atoms with Crippen LogP contribution in [0.5, 0.6) is 0 Å². The number of benzene rings is 4. The van der Waals surface area contributed by atoms with Crippen LogP contribution in [-0.2, 0) is 12.8 Å². The van der Waals surface area contributed by atoms with Crippen LogP contribution in [0.3, 0.4) is 0 Å². The fourth-order valence-electron chi connectivity index (χ4n) is 4.62. The molecule has 4 rings (SSSR count). The van der Waals surface area contributed by atoms with Crippen molar-refractivity contribution in [2.75, 3.05) is 0 Å². The number of hydrogen-bond acceptors (Lipinski definition) is 1. The third-order valence-electron chi connectivity index (χ3n) is 5.92. The number of rotatable bonds is 4. The molecule has 1 nitrogen and oxygen atoms in total. The molecule has 0 aromatic heterocycles. The normalized spacial score (nSPS) is 11.3. The first kappa shape index (κ1) is 18.4. The Hall–Kier alpha value is -2.93. The first-order valence-electron chi connectivity index (χ1n) is 10.1. The molecule has 0 fully saturated rings. The van der Waals surface area contributed by atoms with E-state index in [1.165, 1.54) is 11.1 Å². The van der Waals surface area contributed by atoms with Crippen molar-refractivity contribution in [3.8, 4) is 0 Å². The molecule has 140 valence electrons. The van der Waals surface area contributed by atoms with Crippen molar-refractivity contribution in [1.29, 1.82) is 0 Å². The van der Waals surface area contributed by atoms with Gasteiger partial charge in [0, 0.05) is 11.1 Å². The van der Waals surface area contributed by atoms with Gasteiger partial charge in [-0.15, -0.1) is 0 Å². The molecule has 0 unspecified atom stereocenters. The summed E-state index contributed by atoms with van der Waals surface area (Å²) in [6.07, 6.45) is 1.70. The summed E-state index contributed by atoms with van der Waals surface area (Å²) < 4.78 is 0. The molecule has 1 heteroatoms. The SMILES string of the molecule is CCc1c(C)cc2ccccc2c1C(=O)c1c(CC)c(C)cc2ccccc12. The van der Waals surface area contributed by atoms with E-state index in [-0.39, 0.29) is 5.78 Å². The van der Waals surface area contributed by atoms with Gasteiger partial charge in [-0.1, -0.05) is 74.5 Å². The molecular weight excluding hydrogens is 340 g/mol. The van der Waals surface area contributed by atoms with Crippen molar-refractivity contribution in [2.45, 2.75) is 40.5 Å². The van der Waals surface area contributed by atoms with Crippen LogP contribution < -0.4 is 0 Å². The lowest BCUT2D eigenvalue weighted by Gasteiger charge is -2.19. The minimum absolute atomic E-state index is 0.161. The van der Waals surface area contributed by atoms with E-state index in [1.54, 1.807) is 0 Å². The van der Waals surface area contributed by atoms with Gasteiger partial charge in [0.05, 0.1) is 0 Å². The molecule has 4 aromatic rings. The molecule has 0 amide bonds. The predicted molar refractivity (Wildman–Crippen MR) is 120 cm³/mol. The lowest BCUT2D eigenvalue weighted by atomic mass is 9.84. The van der Waals surface area contributed by atoms with Crippen molar-refractivity contribution < 1.29 is 4.79 Å². The maximum Gasteiger partial charge on any atom is 0.194 e. The molecule has 0 aliphatic carbocycles. The first-order chi connectivity index (χ1) is 13.6. The van der Waals surface area contributed by atoms with Gasteiger partial charge in [0.15, 0.2) is 5.78 Å². The van der Waals surface area contributed by atoms with Crippen molar-refractivity contribution in [3.05, 3.63) is 94.0 Å². The van der Waals surface area contributed by atoms with Crippen LogP contribution in [0.15, 0.2) is 60.7 Å². The quantitative estimate of drug-likeness (QED) is 0.357. The number of hydrogen-bond donors (Lipinski definition) is 0. The van der Waals surface area contributed by atoms with E-state index in [2.05, 4.69) is 64.1 Å². The van der Waals surface area contributed by atoms with Crippen LogP contribution in [0.2, 0.25) is 0 Å². The largest absolute Gasteiger partial charge is 0.289 e. The Morgan fingerprint density at radius 1 is 0.679 bits per heavy atom. The van der Waals surface area contributed by atoms with E-state index in [9.17, 15) is 4.79 Å². The number of fused-ring (bicyclic) bond motifs is 2. The Bertz CT molecular complexity index is 1120. The second-order valence-electron chi connectivity index (χ2n) is 7.57. The second-order valence-corrected chi connectivity index (χ2v) is 7.57. The summed E-state index contributed by atoms with van der Waals surface area (Å²) in [5.41, 5.74) is 6.47. The summed E-state index contributed by atoms with van der Waals surface area (Å²) >= 11 is 0. The number of aryl methyl sites for hydroxylation is 2. The number of carbonyl (C=O) groups excluding carboxylic acids is 1. The van der Waals surface area contributed by atoms with Gasteiger partial charge in [-0.25, -0.2) is 0 Å². The van der Waals surface area contributed by atoms with Gasteiger partial charge in [0.25, 0.3) is 0 Å². The van der Waals surface area contributed by atoms with E-state index < -0.39 is 0 Å². The molecule has 0 radical (unpaired) electrons. The Kier molecular flexibility index (Phi) is 4.77. The monoisotopic (exact) mass is 366 g/mol. The average molecular weight is 367 g/mol. The fourth-order valence-corrected chi connectivity index (χ4v) is 4.62. The van der Waals surface area contributed by atoms with Gasteiger partial charge in [0.1, 0.15) is 0 Å². The van der Waals surface area contributed by atoms with Crippen LogP contribution in [0.1, 0.15) is 52.0 Å². The van der Waals surface area contributed by atoms with Gasteiger partial charge in [-0.3, -0.25) is 4.79 Å². The summed E-state index contributed by atoms with van der Waals surface area (Å²) in [6.45, 7) is 8.53. The number of carbonyl (C=O) groups is 1. The lowest BCUT2D eigenvalue weighted by molar-refractivity contribution is 0.104. The number of ketones is 1. The van der Waals surface area contributed by atoms with E-state index in [0.717, 1.165) is 56.6 Å². The Morgan fingerprint density at radius 2 is 1.07 bits per heavy atom. The molecule has 0 heterocycles. The van der Waals surface area contributed by atoms with Crippen molar-refractivity contribution in [2.24, 2.45) is 0 Å². The minimum Gasteiger partial charge on any atom is -0.289 e. The molecule has 0 atom stereocenters. The minimum atomic E-state index is 0.161. The van der Waals surface area contributed by atoms with Crippen LogP contribution >= 0.6 is 0 Å². The summed E-state index contributed by atoms with van der Waals surface area (Å²) in [7, 11) is 0. The highest BCUT2D eigenvalue weighted by Crippen LogP contribution is 2.33. The third kappa shape index (κ3) is 2.82. The molecule has 0 aliphatic rings. The van der Waals surface area contributed by atoms with Crippen LogP contribution in [0.25, 0.3) is 21.5 Å². The second kappa shape index (κ2) is 7.24. The molecule has 0 saturated heterocycles. The summed E-state index contributed by atoms with van der Waals surface area (Å²) in [6, 6.07) is 20.9. The van der Waals surface area contributed by atoms with E-state index in [4.69, 9.17) is 0 Å². The standard InChI is InChI=1S/C27H26O/c1-5-21-17(3)15-19-11-7-9-13-23(19)25(21)27(28)26-22(6-2)18(4)16-20-12-8-10-14-24(20)26/h7-16H,5-6H2,1-4H3. The zero-order valence-electron chi connectivity index (χ0n) is 17.1. The van der Waals surface area contributed by atoms with Crippen LogP contribution in [-0.4, -0.2) is 5.78 Å². The molecule has 0 saturated carbocycles. The maximum atomic E-state index is 14.1. The molecular formula is C27H26O. The van der Waals surface area contributed by atoms with Crippen molar-refractivity contribution in [1.82, 2.24) is 0 Å². The highest BCUT2D eigenvalue weighted by molar-refractivity contribution is 6.23. The van der Waals surface area contributed by atoms with Gasteiger partial charge in [-0.2, -0.15) is 0 Å². The highest BCUT2D eigenvalue weighted by atomic mass is 16.1. The summed E-state index contributed by atoms with van der Waals surface area (Å²) in [5, 5.41) is 4.39. The van der Waals surface area contributed by atoms with Crippen LogP contribution in [0, 0.1) is 13.8 Å². The zero-order valence-corrected chi connectivity index (χ0v) is 17.1. The maximum absolute atomic E-state index is 14.1. The van der Waals surface area contributed by atoms with Gasteiger partial charge >= 0.3 is 0 Å². The highest BCUT2D eigenvalue weighted by Gasteiger charge is 2.23. The Balaban J connectivity index is 2.12. The average Bonchev–Trinajstić information content (AvgIpc) is 2.71. The smallest absolute Gasteiger partial charge is 0.194 e. The van der Waals surface area contributed by atoms with Gasteiger partial charge in [0.2, 0.25) is 0 Å².